The van der Waals surface area contributed by atoms with Crippen LogP contribution < -0.4 is 5.73 Å². The number of piperidine rings is 1. The molecule has 2 rings (SSSR count). The van der Waals surface area contributed by atoms with E-state index in [0.717, 1.165) is 19.1 Å². The van der Waals surface area contributed by atoms with E-state index in [1.54, 1.807) is 0 Å². The molecule has 0 bridgehead atoms. The van der Waals surface area contributed by atoms with Crippen molar-refractivity contribution in [1.29, 1.82) is 0 Å². The second-order valence-corrected chi connectivity index (χ2v) is 5.58. The van der Waals surface area contributed by atoms with Crippen LogP contribution in [0.1, 0.15) is 32.6 Å². The molecule has 3 unspecified atom stereocenters. The van der Waals surface area contributed by atoms with Crippen molar-refractivity contribution in [1.82, 2.24) is 4.90 Å². The van der Waals surface area contributed by atoms with Gasteiger partial charge in [0, 0.05) is 25.8 Å². The van der Waals surface area contributed by atoms with Gasteiger partial charge < -0.3 is 15.4 Å². The van der Waals surface area contributed by atoms with Crippen molar-refractivity contribution in [2.45, 2.75) is 38.6 Å². The van der Waals surface area contributed by atoms with Crippen molar-refractivity contribution in [2.24, 2.45) is 17.6 Å². The van der Waals surface area contributed by atoms with Crippen LogP contribution in [0.5, 0.6) is 0 Å². The fourth-order valence-electron chi connectivity index (χ4n) is 2.90. The second kappa shape index (κ2) is 5.99. The lowest BCUT2D eigenvalue weighted by Gasteiger charge is -2.35. The van der Waals surface area contributed by atoms with Crippen LogP contribution in [0.15, 0.2) is 0 Å². The third-order valence-corrected chi connectivity index (χ3v) is 4.16. The van der Waals surface area contributed by atoms with Crippen molar-refractivity contribution in [3.8, 4) is 0 Å². The molecule has 0 saturated carbocycles. The first-order valence-corrected chi connectivity index (χ1v) is 6.81. The summed E-state index contributed by atoms with van der Waals surface area (Å²) in [5.41, 5.74) is 6.00. The molecule has 3 nitrogen and oxygen atoms in total. The molecule has 2 heterocycles. The van der Waals surface area contributed by atoms with Crippen molar-refractivity contribution < 1.29 is 4.74 Å². The lowest BCUT2D eigenvalue weighted by molar-refractivity contribution is 0.145. The number of hydrogen-bond acceptors (Lipinski definition) is 3. The highest BCUT2D eigenvalue weighted by Crippen LogP contribution is 2.21. The van der Waals surface area contributed by atoms with Gasteiger partial charge in [0.25, 0.3) is 0 Å². The van der Waals surface area contributed by atoms with Crippen LogP contribution in [0.2, 0.25) is 0 Å². The Morgan fingerprint density at radius 3 is 3.00 bits per heavy atom. The number of likely N-dealkylation sites (tertiary alicyclic amines) is 1. The van der Waals surface area contributed by atoms with Gasteiger partial charge in [-0.05, 0) is 57.5 Å². The Hall–Kier alpha value is -0.120. The molecule has 0 aromatic heterocycles. The topological polar surface area (TPSA) is 38.5 Å². The van der Waals surface area contributed by atoms with Crippen LogP contribution in [-0.2, 0) is 4.74 Å². The molecule has 2 saturated heterocycles. The summed E-state index contributed by atoms with van der Waals surface area (Å²) in [6, 6.07) is 0.359. The van der Waals surface area contributed by atoms with Gasteiger partial charge in [0.2, 0.25) is 0 Å². The molecule has 0 aliphatic carbocycles. The number of hydrogen-bond donors (Lipinski definition) is 1. The molecule has 0 spiro atoms. The quantitative estimate of drug-likeness (QED) is 0.789. The summed E-state index contributed by atoms with van der Waals surface area (Å²) in [6.45, 7) is 7.86. The molecular formula is C13H26N2O. The molecule has 2 aliphatic rings. The Bertz CT molecular complexity index is 202. The Morgan fingerprint density at radius 2 is 2.31 bits per heavy atom. The average Bonchev–Trinajstić information content (AvgIpc) is 2.79. The highest BCUT2D eigenvalue weighted by atomic mass is 16.5. The predicted molar refractivity (Wildman–Crippen MR) is 66.4 cm³/mol. The molecule has 0 aromatic rings. The molecule has 2 aliphatic heterocycles. The highest BCUT2D eigenvalue weighted by molar-refractivity contribution is 4.79. The van der Waals surface area contributed by atoms with Gasteiger partial charge in [-0.3, -0.25) is 0 Å². The van der Waals surface area contributed by atoms with E-state index in [2.05, 4.69) is 11.8 Å². The maximum Gasteiger partial charge on any atom is 0.0495 e. The summed E-state index contributed by atoms with van der Waals surface area (Å²) in [5.74, 6) is 1.53. The van der Waals surface area contributed by atoms with Crippen LogP contribution in [0.4, 0.5) is 0 Å². The zero-order valence-electron chi connectivity index (χ0n) is 10.5. The van der Waals surface area contributed by atoms with Crippen LogP contribution >= 0.6 is 0 Å². The van der Waals surface area contributed by atoms with E-state index in [0.29, 0.717) is 12.0 Å². The minimum atomic E-state index is 0.359. The molecule has 3 heteroatoms. The van der Waals surface area contributed by atoms with Crippen LogP contribution in [0.25, 0.3) is 0 Å². The number of nitrogens with two attached hydrogens (primary N) is 1. The largest absolute Gasteiger partial charge is 0.381 e. The normalized spacial score (nSPS) is 34.1. The van der Waals surface area contributed by atoms with Gasteiger partial charge in [-0.25, -0.2) is 0 Å². The van der Waals surface area contributed by atoms with E-state index in [9.17, 15) is 0 Å². The zero-order valence-corrected chi connectivity index (χ0v) is 10.5. The molecule has 3 atom stereocenters. The molecule has 0 radical (unpaired) electrons. The summed E-state index contributed by atoms with van der Waals surface area (Å²) in [6.07, 6.45) is 5.23. The molecular weight excluding hydrogens is 200 g/mol. The lowest BCUT2D eigenvalue weighted by atomic mass is 9.92. The summed E-state index contributed by atoms with van der Waals surface area (Å²) in [7, 11) is 0. The first kappa shape index (κ1) is 12.3. The Kier molecular flexibility index (Phi) is 4.62. The Balaban J connectivity index is 1.68. The second-order valence-electron chi connectivity index (χ2n) is 5.58. The third kappa shape index (κ3) is 3.44. The number of ether oxygens (including phenoxy) is 1. The summed E-state index contributed by atoms with van der Waals surface area (Å²) >= 11 is 0. The average molecular weight is 226 g/mol. The number of nitrogens with zero attached hydrogens (tertiary/aromatic N) is 1. The highest BCUT2D eigenvalue weighted by Gasteiger charge is 2.23. The van der Waals surface area contributed by atoms with Gasteiger partial charge in [-0.15, -0.1) is 0 Å². The minimum Gasteiger partial charge on any atom is -0.381 e. The Labute approximate surface area is 99.3 Å². The monoisotopic (exact) mass is 226 g/mol. The summed E-state index contributed by atoms with van der Waals surface area (Å²) < 4.78 is 5.42. The van der Waals surface area contributed by atoms with Crippen LogP contribution in [0, 0.1) is 11.8 Å². The van der Waals surface area contributed by atoms with Crippen LogP contribution in [-0.4, -0.2) is 43.8 Å². The minimum absolute atomic E-state index is 0.359. The lowest BCUT2D eigenvalue weighted by Crippen LogP contribution is -2.42. The maximum absolute atomic E-state index is 6.00. The van der Waals surface area contributed by atoms with E-state index >= 15 is 0 Å². The molecule has 2 fully saturated rings. The van der Waals surface area contributed by atoms with Crippen molar-refractivity contribution >= 4 is 0 Å². The predicted octanol–water partition coefficient (Wildman–Crippen LogP) is 1.47. The molecule has 2 N–H and O–H groups in total. The fourth-order valence-corrected chi connectivity index (χ4v) is 2.90. The van der Waals surface area contributed by atoms with Crippen molar-refractivity contribution in [2.75, 3.05) is 32.8 Å². The number of rotatable bonds is 4. The third-order valence-electron chi connectivity index (χ3n) is 4.16. The van der Waals surface area contributed by atoms with E-state index in [4.69, 9.17) is 10.5 Å². The maximum atomic E-state index is 6.00. The molecule has 16 heavy (non-hydrogen) atoms. The fraction of sp³-hybridized carbons (Fsp3) is 1.00. The summed E-state index contributed by atoms with van der Waals surface area (Å²) in [5, 5.41) is 0. The van der Waals surface area contributed by atoms with E-state index in [1.165, 1.54) is 45.3 Å². The van der Waals surface area contributed by atoms with Gasteiger partial charge in [0.05, 0.1) is 0 Å². The molecule has 0 amide bonds. The molecule has 0 aromatic carbocycles. The van der Waals surface area contributed by atoms with Gasteiger partial charge in [-0.1, -0.05) is 0 Å². The summed E-state index contributed by atoms with van der Waals surface area (Å²) in [4.78, 5) is 2.61. The van der Waals surface area contributed by atoms with Crippen LogP contribution in [0.3, 0.4) is 0 Å². The van der Waals surface area contributed by atoms with E-state index < -0.39 is 0 Å². The van der Waals surface area contributed by atoms with E-state index in [-0.39, 0.29) is 0 Å². The first-order valence-electron chi connectivity index (χ1n) is 6.81. The van der Waals surface area contributed by atoms with Gasteiger partial charge in [-0.2, -0.15) is 0 Å². The van der Waals surface area contributed by atoms with Crippen molar-refractivity contribution in [3.05, 3.63) is 0 Å². The first-order chi connectivity index (χ1) is 7.75. The van der Waals surface area contributed by atoms with E-state index in [1.807, 2.05) is 0 Å². The van der Waals surface area contributed by atoms with Gasteiger partial charge in [0.1, 0.15) is 0 Å². The zero-order chi connectivity index (χ0) is 11.4. The van der Waals surface area contributed by atoms with Gasteiger partial charge >= 0.3 is 0 Å². The van der Waals surface area contributed by atoms with Gasteiger partial charge in [0.15, 0.2) is 0 Å². The Morgan fingerprint density at radius 1 is 1.44 bits per heavy atom. The smallest absolute Gasteiger partial charge is 0.0495 e. The SMILES string of the molecule is CC(N)C1CCCN(CCC2CCOC2)C1. The molecule has 94 valence electrons. The van der Waals surface area contributed by atoms with Crippen molar-refractivity contribution in [3.63, 3.8) is 0 Å². The standard InChI is InChI=1S/C13H26N2O/c1-11(14)13-3-2-6-15(9-13)7-4-12-5-8-16-10-12/h11-13H,2-10,14H2,1H3.